The highest BCUT2D eigenvalue weighted by molar-refractivity contribution is 5.92. The second-order valence-electron chi connectivity index (χ2n) is 6.34. The number of nitrogens with zero attached hydrogens (tertiary/aromatic N) is 2. The van der Waals surface area contributed by atoms with Gasteiger partial charge in [0.1, 0.15) is 0 Å². The summed E-state index contributed by atoms with van der Waals surface area (Å²) in [5, 5.41) is 9.95. The molecule has 1 heterocycles. The van der Waals surface area contributed by atoms with Crippen LogP contribution in [0.5, 0.6) is 0 Å². The van der Waals surface area contributed by atoms with Gasteiger partial charge in [0, 0.05) is 37.3 Å². The summed E-state index contributed by atoms with van der Waals surface area (Å²) in [6, 6.07) is 8.38. The van der Waals surface area contributed by atoms with Gasteiger partial charge in [0.05, 0.1) is 12.2 Å². The quantitative estimate of drug-likeness (QED) is 0.591. The van der Waals surface area contributed by atoms with E-state index in [-0.39, 0.29) is 11.8 Å². The number of carbonyl (C=O) groups is 2. The molecule has 2 aromatic rings. The number of rotatable bonds is 7. The molecule has 6 heteroatoms. The molecule has 0 aliphatic carbocycles. The third kappa shape index (κ3) is 5.58. The van der Waals surface area contributed by atoms with Crippen molar-refractivity contribution < 1.29 is 9.59 Å². The Kier molecular flexibility index (Phi) is 6.72. The van der Waals surface area contributed by atoms with Crippen molar-refractivity contribution in [2.24, 2.45) is 0 Å². The number of aryl methyl sites for hydroxylation is 2. The Bertz CT molecular complexity index is 804. The monoisotopic (exact) mass is 354 g/mol. The van der Waals surface area contributed by atoms with E-state index < -0.39 is 0 Å². The summed E-state index contributed by atoms with van der Waals surface area (Å²) in [6.45, 7) is 8.97. The Labute approximate surface area is 154 Å². The van der Waals surface area contributed by atoms with Crippen molar-refractivity contribution in [3.05, 3.63) is 58.4 Å². The summed E-state index contributed by atoms with van der Waals surface area (Å²) in [7, 11) is 0. The van der Waals surface area contributed by atoms with Crippen LogP contribution in [0, 0.1) is 20.8 Å². The van der Waals surface area contributed by atoms with E-state index in [1.807, 2.05) is 18.5 Å². The molecule has 0 bridgehead atoms. The van der Waals surface area contributed by atoms with Crippen LogP contribution in [0.1, 0.15) is 35.0 Å². The lowest BCUT2D eigenvalue weighted by Gasteiger charge is -2.05. The molecular weight excluding hydrogens is 328 g/mol. The van der Waals surface area contributed by atoms with Crippen LogP contribution in [-0.4, -0.2) is 34.7 Å². The van der Waals surface area contributed by atoms with E-state index in [0.29, 0.717) is 19.6 Å². The first-order valence-corrected chi connectivity index (χ1v) is 8.66. The van der Waals surface area contributed by atoms with Gasteiger partial charge in [0.25, 0.3) is 0 Å². The molecule has 0 saturated carbocycles. The Balaban J connectivity index is 1.99. The first-order valence-electron chi connectivity index (χ1n) is 8.66. The Morgan fingerprint density at radius 1 is 1.08 bits per heavy atom. The largest absolute Gasteiger partial charge is 0.355 e. The summed E-state index contributed by atoms with van der Waals surface area (Å²) >= 11 is 0. The van der Waals surface area contributed by atoms with Gasteiger partial charge in [-0.25, -0.2) is 0 Å². The van der Waals surface area contributed by atoms with E-state index in [9.17, 15) is 9.59 Å². The molecule has 0 aliphatic heterocycles. The molecule has 2 N–H and O–H groups in total. The molecular formula is C20H26N4O2. The minimum atomic E-state index is -0.194. The van der Waals surface area contributed by atoms with Crippen LogP contribution in [0.4, 0.5) is 0 Å². The second-order valence-corrected chi connectivity index (χ2v) is 6.34. The lowest BCUT2D eigenvalue weighted by molar-refractivity contribution is -0.119. The van der Waals surface area contributed by atoms with Crippen molar-refractivity contribution in [2.75, 3.05) is 13.1 Å². The highest BCUT2D eigenvalue weighted by Gasteiger charge is 2.10. The zero-order valence-corrected chi connectivity index (χ0v) is 15.8. The predicted octanol–water partition coefficient (Wildman–Crippen LogP) is 2.12. The zero-order chi connectivity index (χ0) is 19.1. The van der Waals surface area contributed by atoms with E-state index in [4.69, 9.17) is 0 Å². The van der Waals surface area contributed by atoms with Crippen molar-refractivity contribution in [3.8, 4) is 0 Å². The molecule has 6 nitrogen and oxygen atoms in total. The molecule has 0 spiro atoms. The minimum absolute atomic E-state index is 0.109. The van der Waals surface area contributed by atoms with Crippen molar-refractivity contribution >= 4 is 17.9 Å². The molecule has 0 aliphatic rings. The van der Waals surface area contributed by atoms with Crippen LogP contribution in [0.2, 0.25) is 0 Å². The zero-order valence-electron chi connectivity index (χ0n) is 15.8. The molecule has 1 aromatic carbocycles. The highest BCUT2D eigenvalue weighted by atomic mass is 16.2. The molecule has 0 saturated heterocycles. The number of benzene rings is 1. The molecule has 0 fully saturated rings. The highest BCUT2D eigenvalue weighted by Crippen LogP contribution is 2.16. The number of amides is 2. The number of hydrogen-bond donors (Lipinski definition) is 2. The number of nitrogens with one attached hydrogen (secondary N) is 2. The fourth-order valence-corrected chi connectivity index (χ4v) is 2.61. The lowest BCUT2D eigenvalue weighted by Crippen LogP contribution is -2.32. The average Bonchev–Trinajstić information content (AvgIpc) is 2.85. The molecule has 1 aromatic heterocycles. The van der Waals surface area contributed by atoms with E-state index in [1.165, 1.54) is 24.1 Å². The Hall–Kier alpha value is -2.89. The van der Waals surface area contributed by atoms with Crippen molar-refractivity contribution in [1.29, 1.82) is 0 Å². The molecule has 26 heavy (non-hydrogen) atoms. The van der Waals surface area contributed by atoms with Crippen LogP contribution < -0.4 is 10.6 Å². The Morgan fingerprint density at radius 3 is 2.38 bits per heavy atom. The Morgan fingerprint density at radius 2 is 1.73 bits per heavy atom. The standard InChI is InChI=1S/C20H26N4O2/c1-14-5-7-18(8-6-14)13-24-16(3)19(15(2)23-24)9-10-20(26)22-12-11-21-17(4)25/h5-10H,11-13H2,1-4H3,(H,21,25)(H,22,26). The van der Waals surface area contributed by atoms with Gasteiger partial charge in [-0.2, -0.15) is 5.10 Å². The molecule has 2 amide bonds. The van der Waals surface area contributed by atoms with Crippen molar-refractivity contribution in [2.45, 2.75) is 34.2 Å². The summed E-state index contributed by atoms with van der Waals surface area (Å²) in [6.07, 6.45) is 3.29. The first-order chi connectivity index (χ1) is 12.4. The third-order valence-corrected chi connectivity index (χ3v) is 4.09. The molecule has 2 rings (SSSR count). The van der Waals surface area contributed by atoms with Crippen LogP contribution >= 0.6 is 0 Å². The average molecular weight is 354 g/mol. The SMILES string of the molecule is CC(=O)NCCNC(=O)C=Cc1c(C)nn(Cc2ccc(C)cc2)c1C. The van der Waals surface area contributed by atoms with Crippen LogP contribution in [0.15, 0.2) is 30.3 Å². The van der Waals surface area contributed by atoms with Gasteiger partial charge in [-0.15, -0.1) is 0 Å². The van der Waals surface area contributed by atoms with E-state index >= 15 is 0 Å². The van der Waals surface area contributed by atoms with Gasteiger partial charge in [-0.05, 0) is 32.4 Å². The maximum Gasteiger partial charge on any atom is 0.244 e. The lowest BCUT2D eigenvalue weighted by atomic mass is 10.1. The van der Waals surface area contributed by atoms with Crippen molar-refractivity contribution in [3.63, 3.8) is 0 Å². The smallest absolute Gasteiger partial charge is 0.244 e. The maximum atomic E-state index is 11.9. The van der Waals surface area contributed by atoms with Gasteiger partial charge in [-0.3, -0.25) is 14.3 Å². The van der Waals surface area contributed by atoms with E-state index in [1.54, 1.807) is 6.08 Å². The topological polar surface area (TPSA) is 76.0 Å². The first kappa shape index (κ1) is 19.4. The number of aromatic nitrogens is 2. The van der Waals surface area contributed by atoms with Crippen LogP contribution in [-0.2, 0) is 16.1 Å². The normalized spacial score (nSPS) is 10.9. The van der Waals surface area contributed by atoms with Crippen LogP contribution in [0.3, 0.4) is 0 Å². The summed E-state index contributed by atoms with van der Waals surface area (Å²) in [5.41, 5.74) is 5.28. The molecule has 138 valence electrons. The predicted molar refractivity (Wildman–Crippen MR) is 103 cm³/mol. The fraction of sp³-hybridized carbons (Fsp3) is 0.350. The fourth-order valence-electron chi connectivity index (χ4n) is 2.61. The second kappa shape index (κ2) is 8.99. The molecule has 0 unspecified atom stereocenters. The van der Waals surface area contributed by atoms with Gasteiger partial charge in [-0.1, -0.05) is 29.8 Å². The van der Waals surface area contributed by atoms with Gasteiger partial charge >= 0.3 is 0 Å². The minimum Gasteiger partial charge on any atom is -0.355 e. The summed E-state index contributed by atoms with van der Waals surface area (Å²) in [5.74, 6) is -0.303. The number of hydrogen-bond acceptors (Lipinski definition) is 3. The van der Waals surface area contributed by atoms with Crippen LogP contribution in [0.25, 0.3) is 6.08 Å². The summed E-state index contributed by atoms with van der Waals surface area (Å²) in [4.78, 5) is 22.7. The van der Waals surface area contributed by atoms with Crippen molar-refractivity contribution in [1.82, 2.24) is 20.4 Å². The van der Waals surface area contributed by atoms with E-state index in [0.717, 1.165) is 17.0 Å². The molecule has 0 atom stereocenters. The van der Waals surface area contributed by atoms with Gasteiger partial charge < -0.3 is 10.6 Å². The van der Waals surface area contributed by atoms with Gasteiger partial charge in [0.15, 0.2) is 0 Å². The van der Waals surface area contributed by atoms with E-state index in [2.05, 4.69) is 46.9 Å². The summed E-state index contributed by atoms with van der Waals surface area (Å²) < 4.78 is 1.95. The maximum absolute atomic E-state index is 11.9. The molecule has 0 radical (unpaired) electrons. The van der Waals surface area contributed by atoms with Gasteiger partial charge in [0.2, 0.25) is 11.8 Å². The third-order valence-electron chi connectivity index (χ3n) is 4.09. The number of carbonyl (C=O) groups excluding carboxylic acids is 2.